The number of nitrogens with one attached hydrogen (secondary N) is 1. The van der Waals surface area contributed by atoms with Gasteiger partial charge < -0.3 is 19.4 Å². The molecule has 0 unspecified atom stereocenters. The van der Waals surface area contributed by atoms with Gasteiger partial charge in [0.05, 0.1) is 24.8 Å². The van der Waals surface area contributed by atoms with Gasteiger partial charge in [-0.2, -0.15) is 0 Å². The number of imidazole rings is 1. The predicted octanol–water partition coefficient (Wildman–Crippen LogP) is 5.79. The number of amides is 1. The molecule has 1 aliphatic carbocycles. The molecule has 3 aromatic rings. The zero-order valence-corrected chi connectivity index (χ0v) is 21.0. The topological polar surface area (TPSA) is 65.4 Å². The zero-order valence-electron chi connectivity index (χ0n) is 21.0. The summed E-state index contributed by atoms with van der Waals surface area (Å²) in [6, 6.07) is 14.2. The third-order valence-corrected chi connectivity index (χ3v) is 6.69. The van der Waals surface area contributed by atoms with Gasteiger partial charge in [-0.1, -0.05) is 49.6 Å². The summed E-state index contributed by atoms with van der Waals surface area (Å²) in [7, 11) is 1.67. The maximum absolute atomic E-state index is 12.5. The van der Waals surface area contributed by atoms with Crippen molar-refractivity contribution in [2.45, 2.75) is 58.4 Å². The minimum Gasteiger partial charge on any atom is -0.493 e. The number of carbonyl (C=O) groups is 1. The first-order chi connectivity index (χ1) is 17.2. The van der Waals surface area contributed by atoms with Gasteiger partial charge in [0.1, 0.15) is 5.82 Å². The number of para-hydroxylation sites is 2. The van der Waals surface area contributed by atoms with Gasteiger partial charge in [0.25, 0.3) is 0 Å². The zero-order chi connectivity index (χ0) is 24.5. The minimum absolute atomic E-state index is 0.184. The highest BCUT2D eigenvalue weighted by Gasteiger charge is 2.21. The fraction of sp³-hybridized carbons (Fsp3) is 0.448. The van der Waals surface area contributed by atoms with Crippen molar-refractivity contribution in [1.82, 2.24) is 14.9 Å². The van der Waals surface area contributed by atoms with Crippen molar-refractivity contribution in [3.05, 3.63) is 59.9 Å². The molecule has 0 saturated heterocycles. The number of aromatic nitrogens is 2. The summed E-state index contributed by atoms with van der Waals surface area (Å²) in [5, 5.41) is 3.15. The summed E-state index contributed by atoms with van der Waals surface area (Å²) in [6.07, 6.45) is 11.2. The molecule has 1 aliphatic rings. The maximum atomic E-state index is 12.5. The molecular weight excluding hydrogens is 438 g/mol. The number of carbonyl (C=O) groups excluding carboxylic acids is 1. The van der Waals surface area contributed by atoms with Crippen LogP contribution in [-0.2, 0) is 17.8 Å². The molecule has 0 spiro atoms. The molecule has 0 aliphatic heterocycles. The molecule has 1 fully saturated rings. The second-order valence-corrected chi connectivity index (χ2v) is 9.16. The molecule has 4 rings (SSSR count). The van der Waals surface area contributed by atoms with Crippen LogP contribution in [0.25, 0.3) is 17.1 Å². The Morgan fingerprint density at radius 3 is 2.77 bits per heavy atom. The summed E-state index contributed by atoms with van der Waals surface area (Å²) < 4.78 is 13.8. The normalized spacial score (nSPS) is 14.5. The average molecular weight is 476 g/mol. The fourth-order valence-electron chi connectivity index (χ4n) is 4.88. The molecule has 0 radical (unpaired) electrons. The van der Waals surface area contributed by atoms with Crippen LogP contribution in [0, 0.1) is 5.92 Å². The molecule has 186 valence electrons. The molecule has 1 N–H and O–H groups in total. The Morgan fingerprint density at radius 2 is 1.97 bits per heavy atom. The molecular formula is C29H37N3O3. The van der Waals surface area contributed by atoms with Crippen molar-refractivity contribution in [1.29, 1.82) is 0 Å². The van der Waals surface area contributed by atoms with Crippen molar-refractivity contribution >= 4 is 23.0 Å². The second-order valence-electron chi connectivity index (χ2n) is 9.16. The molecule has 1 saturated carbocycles. The molecule has 6 nitrogen and oxygen atoms in total. The predicted molar refractivity (Wildman–Crippen MR) is 141 cm³/mol. The van der Waals surface area contributed by atoms with E-state index >= 15 is 0 Å². The fourth-order valence-corrected chi connectivity index (χ4v) is 4.88. The minimum atomic E-state index is 0.184. The summed E-state index contributed by atoms with van der Waals surface area (Å²) >= 11 is 0. The van der Waals surface area contributed by atoms with Crippen LogP contribution in [-0.4, -0.2) is 35.7 Å². The second kappa shape index (κ2) is 12.4. The Balaban J connectivity index is 1.35. The Kier molecular flexibility index (Phi) is 8.82. The van der Waals surface area contributed by atoms with Gasteiger partial charge in [-0.05, 0) is 56.0 Å². The highest BCUT2D eigenvalue weighted by Crippen LogP contribution is 2.29. The van der Waals surface area contributed by atoms with E-state index in [1.807, 2.05) is 55.5 Å². The van der Waals surface area contributed by atoms with E-state index in [0.717, 1.165) is 59.7 Å². The summed E-state index contributed by atoms with van der Waals surface area (Å²) in [5.74, 6) is 2.88. The van der Waals surface area contributed by atoms with E-state index in [1.54, 1.807) is 7.11 Å². The first-order valence-electron chi connectivity index (χ1n) is 12.8. The smallest absolute Gasteiger partial charge is 0.223 e. The lowest BCUT2D eigenvalue weighted by molar-refractivity contribution is -0.125. The number of hydrogen-bond acceptors (Lipinski definition) is 4. The number of hydrogen-bond donors (Lipinski definition) is 1. The molecule has 0 atom stereocenters. The van der Waals surface area contributed by atoms with Crippen LogP contribution in [0.15, 0.2) is 48.5 Å². The highest BCUT2D eigenvalue weighted by atomic mass is 16.5. The highest BCUT2D eigenvalue weighted by molar-refractivity contribution is 5.79. The van der Waals surface area contributed by atoms with E-state index in [9.17, 15) is 4.79 Å². The summed E-state index contributed by atoms with van der Waals surface area (Å²) in [4.78, 5) is 17.4. The lowest BCUT2D eigenvalue weighted by Gasteiger charge is -2.20. The van der Waals surface area contributed by atoms with Crippen LogP contribution >= 0.6 is 0 Å². The third kappa shape index (κ3) is 6.44. The Morgan fingerprint density at radius 1 is 1.14 bits per heavy atom. The van der Waals surface area contributed by atoms with Gasteiger partial charge in [0, 0.05) is 25.4 Å². The Bertz CT molecular complexity index is 1150. The van der Waals surface area contributed by atoms with Gasteiger partial charge >= 0.3 is 0 Å². The van der Waals surface area contributed by atoms with Crippen molar-refractivity contribution in [2.24, 2.45) is 5.92 Å². The van der Waals surface area contributed by atoms with Crippen molar-refractivity contribution < 1.29 is 14.3 Å². The monoisotopic (exact) mass is 475 g/mol. The van der Waals surface area contributed by atoms with Crippen molar-refractivity contribution in [2.75, 3.05) is 20.3 Å². The van der Waals surface area contributed by atoms with Gasteiger partial charge in [-0.3, -0.25) is 4.79 Å². The number of fused-ring (bicyclic) bond motifs is 1. The number of benzene rings is 2. The Labute approximate surface area is 208 Å². The molecule has 1 aromatic heterocycles. The van der Waals surface area contributed by atoms with Crippen LogP contribution < -0.4 is 14.8 Å². The van der Waals surface area contributed by atoms with E-state index in [0.29, 0.717) is 19.6 Å². The van der Waals surface area contributed by atoms with Crippen LogP contribution in [0.2, 0.25) is 0 Å². The number of rotatable bonds is 11. The van der Waals surface area contributed by atoms with Gasteiger partial charge in [-0.25, -0.2) is 4.98 Å². The first kappa shape index (κ1) is 24.8. The van der Waals surface area contributed by atoms with Crippen molar-refractivity contribution in [3.63, 3.8) is 0 Å². The first-order valence-corrected chi connectivity index (χ1v) is 12.8. The lowest BCUT2D eigenvalue weighted by Crippen LogP contribution is -2.33. The van der Waals surface area contributed by atoms with Crippen molar-refractivity contribution in [3.8, 4) is 11.5 Å². The van der Waals surface area contributed by atoms with E-state index in [-0.39, 0.29) is 11.8 Å². The van der Waals surface area contributed by atoms with Gasteiger partial charge in [0.2, 0.25) is 5.91 Å². The van der Waals surface area contributed by atoms with Crippen LogP contribution in [0.3, 0.4) is 0 Å². The van der Waals surface area contributed by atoms with Crippen LogP contribution in [0.5, 0.6) is 11.5 Å². The lowest BCUT2D eigenvalue weighted by atomic mass is 9.89. The van der Waals surface area contributed by atoms with Crippen LogP contribution in [0.4, 0.5) is 0 Å². The molecule has 35 heavy (non-hydrogen) atoms. The average Bonchev–Trinajstić information content (AvgIpc) is 3.25. The van der Waals surface area contributed by atoms with E-state index in [2.05, 4.69) is 16.0 Å². The third-order valence-electron chi connectivity index (χ3n) is 6.69. The van der Waals surface area contributed by atoms with Gasteiger partial charge in [0.15, 0.2) is 11.5 Å². The summed E-state index contributed by atoms with van der Waals surface area (Å²) in [5.41, 5.74) is 3.19. The molecule has 2 aromatic carbocycles. The quantitative estimate of drug-likeness (QED) is 0.357. The number of nitrogens with zero attached hydrogens (tertiary/aromatic N) is 2. The molecule has 6 heteroatoms. The number of allylic oxidation sites excluding steroid dienone is 1. The van der Waals surface area contributed by atoms with E-state index in [4.69, 9.17) is 14.5 Å². The Hall–Kier alpha value is -3.28. The van der Waals surface area contributed by atoms with Gasteiger partial charge in [-0.15, -0.1) is 0 Å². The number of ether oxygens (including phenoxy) is 2. The van der Waals surface area contributed by atoms with E-state index in [1.165, 1.54) is 19.3 Å². The maximum Gasteiger partial charge on any atom is 0.223 e. The number of methoxy groups -OCH3 is 1. The van der Waals surface area contributed by atoms with Crippen LogP contribution in [0.1, 0.15) is 56.8 Å². The summed E-state index contributed by atoms with van der Waals surface area (Å²) in [6.45, 7) is 3.98. The number of aryl methyl sites for hydroxylation is 1. The van der Waals surface area contributed by atoms with E-state index < -0.39 is 0 Å². The molecule has 1 heterocycles. The largest absolute Gasteiger partial charge is 0.493 e. The standard InChI is InChI=1S/C29H37N3O3/c1-3-10-22-15-16-26(27(21-22)34-2)35-20-9-19-32-25-14-8-7-13-24(25)31-28(32)17-18-30-29(33)23-11-5-4-6-12-23/h3,7-8,10,13-16,21,23H,4-6,9,11-12,17-20H2,1-2H3,(H,30,33)/b10-3+. The SMILES string of the molecule is C/C=C/c1ccc(OCCCn2c(CCNC(=O)C3CCCCC3)nc3ccccc32)c(OC)c1. The molecule has 1 amide bonds. The molecule has 0 bridgehead atoms.